The minimum Gasteiger partial charge on any atom is -0.458 e. The predicted octanol–water partition coefficient (Wildman–Crippen LogP) is 3.02. The number of hydrogen-bond donors (Lipinski definition) is 1. The highest BCUT2D eigenvalue weighted by molar-refractivity contribution is 5.48. The number of aryl methyl sites for hydroxylation is 1. The molecule has 2 N–H and O–H groups in total. The van der Waals surface area contributed by atoms with Gasteiger partial charge in [-0.1, -0.05) is 13.8 Å². The highest BCUT2D eigenvalue weighted by Crippen LogP contribution is 2.38. The van der Waals surface area contributed by atoms with Crippen molar-refractivity contribution in [3.8, 4) is 11.6 Å². The highest BCUT2D eigenvalue weighted by atomic mass is 16.3. The van der Waals surface area contributed by atoms with E-state index in [0.717, 1.165) is 35.6 Å². The number of nitrogens with zero attached hydrogens (tertiary/aromatic N) is 2. The van der Waals surface area contributed by atoms with Crippen LogP contribution in [0.4, 0.5) is 0 Å². The first-order valence-electron chi connectivity index (χ1n) is 6.63. The van der Waals surface area contributed by atoms with Crippen molar-refractivity contribution in [3.05, 3.63) is 35.3 Å². The Morgan fingerprint density at radius 3 is 2.84 bits per heavy atom. The molecule has 0 fully saturated rings. The molecule has 100 valence electrons. The van der Waals surface area contributed by atoms with Crippen molar-refractivity contribution in [1.29, 1.82) is 0 Å². The molecule has 0 saturated carbocycles. The van der Waals surface area contributed by atoms with E-state index in [1.54, 1.807) is 0 Å². The fourth-order valence-electron chi connectivity index (χ4n) is 2.78. The predicted molar refractivity (Wildman–Crippen MR) is 73.5 cm³/mol. The Hall–Kier alpha value is -1.68. The average molecular weight is 257 g/mol. The molecule has 1 aliphatic rings. The molecule has 4 heteroatoms. The summed E-state index contributed by atoms with van der Waals surface area (Å²) in [7, 11) is 0. The molecule has 1 atom stereocenters. The molecule has 3 rings (SSSR count). The molecular formula is C15H19N3O. The fourth-order valence-corrected chi connectivity index (χ4v) is 2.78. The van der Waals surface area contributed by atoms with E-state index in [2.05, 4.69) is 23.8 Å². The average Bonchev–Trinajstić information content (AvgIpc) is 2.73. The van der Waals surface area contributed by atoms with Crippen LogP contribution >= 0.6 is 0 Å². The van der Waals surface area contributed by atoms with Crippen LogP contribution in [0.5, 0.6) is 0 Å². The van der Waals surface area contributed by atoms with Gasteiger partial charge in [0, 0.05) is 23.5 Å². The molecule has 0 aromatic carbocycles. The number of furan rings is 1. The Labute approximate surface area is 113 Å². The third-order valence-corrected chi connectivity index (χ3v) is 3.68. The Morgan fingerprint density at radius 1 is 1.37 bits per heavy atom. The van der Waals surface area contributed by atoms with E-state index in [0.29, 0.717) is 5.82 Å². The Balaban J connectivity index is 2.04. The number of aromatic nitrogens is 2. The summed E-state index contributed by atoms with van der Waals surface area (Å²) in [4.78, 5) is 9.05. The van der Waals surface area contributed by atoms with Gasteiger partial charge in [-0.05, 0) is 37.3 Å². The zero-order chi connectivity index (χ0) is 13.6. The van der Waals surface area contributed by atoms with Gasteiger partial charge in [0.25, 0.3) is 0 Å². The van der Waals surface area contributed by atoms with Crippen LogP contribution < -0.4 is 5.73 Å². The monoisotopic (exact) mass is 257 g/mol. The molecule has 2 aromatic rings. The van der Waals surface area contributed by atoms with Crippen molar-refractivity contribution in [2.75, 3.05) is 0 Å². The first-order valence-corrected chi connectivity index (χ1v) is 6.63. The minimum atomic E-state index is 0.0335. The van der Waals surface area contributed by atoms with E-state index < -0.39 is 0 Å². The second kappa shape index (κ2) is 4.17. The van der Waals surface area contributed by atoms with E-state index in [1.165, 1.54) is 0 Å². The second-order valence-electron chi connectivity index (χ2n) is 6.16. The van der Waals surface area contributed by atoms with Gasteiger partial charge < -0.3 is 10.2 Å². The summed E-state index contributed by atoms with van der Waals surface area (Å²) in [5.41, 5.74) is 8.54. The van der Waals surface area contributed by atoms with E-state index in [1.807, 2.05) is 25.3 Å². The maximum absolute atomic E-state index is 6.21. The van der Waals surface area contributed by atoms with Crippen molar-refractivity contribution < 1.29 is 4.42 Å². The number of nitrogens with two attached hydrogens (primary N) is 1. The number of fused-ring (bicyclic) bond motifs is 1. The van der Waals surface area contributed by atoms with Crippen molar-refractivity contribution in [3.63, 3.8) is 0 Å². The molecule has 0 bridgehead atoms. The molecule has 1 unspecified atom stereocenters. The zero-order valence-corrected chi connectivity index (χ0v) is 11.6. The van der Waals surface area contributed by atoms with Gasteiger partial charge in [0.2, 0.25) is 0 Å². The molecule has 0 amide bonds. The first-order chi connectivity index (χ1) is 8.94. The standard InChI is InChI=1S/C15H19N3O/c1-9-4-5-13(19-9)14-17-8-10-11(16)6-15(2,3)7-12(10)18-14/h4-5,8,11H,6-7,16H2,1-3H3. The lowest BCUT2D eigenvalue weighted by atomic mass is 9.74. The SMILES string of the molecule is Cc1ccc(-c2ncc3c(n2)CC(C)(C)CC3N)o1. The molecule has 2 aromatic heterocycles. The largest absolute Gasteiger partial charge is 0.458 e. The van der Waals surface area contributed by atoms with Gasteiger partial charge in [-0.15, -0.1) is 0 Å². The first kappa shape index (κ1) is 12.4. The molecule has 0 aliphatic heterocycles. The lowest BCUT2D eigenvalue weighted by Gasteiger charge is -2.34. The second-order valence-corrected chi connectivity index (χ2v) is 6.16. The summed E-state index contributed by atoms with van der Waals surface area (Å²) < 4.78 is 5.58. The summed E-state index contributed by atoms with van der Waals surface area (Å²) in [6.07, 6.45) is 3.77. The van der Waals surface area contributed by atoms with Gasteiger partial charge in [-0.25, -0.2) is 9.97 Å². The zero-order valence-electron chi connectivity index (χ0n) is 11.6. The highest BCUT2D eigenvalue weighted by Gasteiger charge is 2.31. The van der Waals surface area contributed by atoms with Gasteiger partial charge in [0.1, 0.15) is 5.76 Å². The van der Waals surface area contributed by atoms with Crippen LogP contribution in [0.3, 0.4) is 0 Å². The Kier molecular flexibility index (Phi) is 2.71. The van der Waals surface area contributed by atoms with Crippen molar-refractivity contribution >= 4 is 0 Å². The molecule has 1 aliphatic carbocycles. The lowest BCUT2D eigenvalue weighted by molar-refractivity contribution is 0.278. The summed E-state index contributed by atoms with van der Waals surface area (Å²) in [6.45, 7) is 6.38. The Morgan fingerprint density at radius 2 is 2.16 bits per heavy atom. The number of hydrogen-bond acceptors (Lipinski definition) is 4. The van der Waals surface area contributed by atoms with Crippen LogP contribution in [0, 0.1) is 12.3 Å². The molecule has 0 radical (unpaired) electrons. The summed E-state index contributed by atoms with van der Waals surface area (Å²) in [5.74, 6) is 2.24. The quantitative estimate of drug-likeness (QED) is 0.852. The van der Waals surface area contributed by atoms with Gasteiger partial charge in [-0.3, -0.25) is 0 Å². The normalized spacial score (nSPS) is 21.2. The third kappa shape index (κ3) is 2.28. The van der Waals surface area contributed by atoms with E-state index >= 15 is 0 Å². The van der Waals surface area contributed by atoms with Gasteiger partial charge >= 0.3 is 0 Å². The van der Waals surface area contributed by atoms with Gasteiger partial charge in [0.15, 0.2) is 11.6 Å². The topological polar surface area (TPSA) is 64.9 Å². The fraction of sp³-hybridized carbons (Fsp3) is 0.467. The summed E-state index contributed by atoms with van der Waals surface area (Å²) >= 11 is 0. The smallest absolute Gasteiger partial charge is 0.195 e. The maximum Gasteiger partial charge on any atom is 0.195 e. The van der Waals surface area contributed by atoms with Gasteiger partial charge in [0.05, 0.1) is 0 Å². The lowest BCUT2D eigenvalue weighted by Crippen LogP contribution is -2.30. The van der Waals surface area contributed by atoms with E-state index in [4.69, 9.17) is 10.2 Å². The Bertz CT molecular complexity index is 616. The van der Waals surface area contributed by atoms with E-state index in [-0.39, 0.29) is 11.5 Å². The molecule has 19 heavy (non-hydrogen) atoms. The van der Waals surface area contributed by atoms with Crippen LogP contribution in [-0.4, -0.2) is 9.97 Å². The van der Waals surface area contributed by atoms with Crippen molar-refractivity contribution in [1.82, 2.24) is 9.97 Å². The third-order valence-electron chi connectivity index (χ3n) is 3.68. The molecule has 0 spiro atoms. The van der Waals surface area contributed by atoms with Crippen LogP contribution in [0.2, 0.25) is 0 Å². The number of rotatable bonds is 1. The van der Waals surface area contributed by atoms with Crippen LogP contribution in [-0.2, 0) is 6.42 Å². The van der Waals surface area contributed by atoms with Crippen LogP contribution in [0.15, 0.2) is 22.7 Å². The van der Waals surface area contributed by atoms with Crippen LogP contribution in [0.1, 0.15) is 43.3 Å². The van der Waals surface area contributed by atoms with E-state index in [9.17, 15) is 0 Å². The van der Waals surface area contributed by atoms with Crippen LogP contribution in [0.25, 0.3) is 11.6 Å². The molecule has 0 saturated heterocycles. The minimum absolute atomic E-state index is 0.0335. The molecular weight excluding hydrogens is 238 g/mol. The van der Waals surface area contributed by atoms with Crippen molar-refractivity contribution in [2.45, 2.75) is 39.7 Å². The summed E-state index contributed by atoms with van der Waals surface area (Å²) in [6, 6.07) is 3.87. The van der Waals surface area contributed by atoms with Gasteiger partial charge in [-0.2, -0.15) is 0 Å². The molecule has 4 nitrogen and oxygen atoms in total. The summed E-state index contributed by atoms with van der Waals surface area (Å²) in [5, 5.41) is 0. The maximum atomic E-state index is 6.21. The van der Waals surface area contributed by atoms with Crippen molar-refractivity contribution in [2.24, 2.45) is 11.1 Å². The molecule has 2 heterocycles.